The van der Waals surface area contributed by atoms with Crippen LogP contribution in [0.1, 0.15) is 31.4 Å². The molecule has 0 aliphatic heterocycles. The molecule has 0 aromatic heterocycles. The van der Waals surface area contributed by atoms with E-state index in [0.29, 0.717) is 5.92 Å². The fourth-order valence-electron chi connectivity index (χ4n) is 2.02. The highest BCUT2D eigenvalue weighted by molar-refractivity contribution is 5.77. The van der Waals surface area contributed by atoms with Crippen LogP contribution in [0.2, 0.25) is 0 Å². The molecular weight excluding hydrogens is 254 g/mol. The Morgan fingerprint density at radius 1 is 1.35 bits per heavy atom. The van der Waals surface area contributed by atoms with E-state index in [0.717, 1.165) is 23.3 Å². The summed E-state index contributed by atoms with van der Waals surface area (Å²) in [5.41, 5.74) is 2.10. The number of nitrogens with one attached hydrogen (secondary N) is 1. The van der Waals surface area contributed by atoms with Crippen molar-refractivity contribution in [3.05, 3.63) is 29.3 Å². The van der Waals surface area contributed by atoms with Crippen molar-refractivity contribution in [2.24, 2.45) is 5.92 Å². The molecule has 0 saturated heterocycles. The molecule has 0 aliphatic rings. The van der Waals surface area contributed by atoms with Crippen molar-refractivity contribution in [1.29, 1.82) is 0 Å². The van der Waals surface area contributed by atoms with Crippen molar-refractivity contribution in [2.45, 2.75) is 40.2 Å². The van der Waals surface area contributed by atoms with Crippen LogP contribution < -0.4 is 10.1 Å². The van der Waals surface area contributed by atoms with Gasteiger partial charge in [0.15, 0.2) is 6.61 Å². The van der Waals surface area contributed by atoms with Crippen molar-refractivity contribution in [3.63, 3.8) is 0 Å². The third-order valence-corrected chi connectivity index (χ3v) is 3.04. The molecule has 112 valence electrons. The van der Waals surface area contributed by atoms with Crippen LogP contribution >= 0.6 is 0 Å². The molecular formula is C16H25NO3. The Balaban J connectivity index is 2.48. The van der Waals surface area contributed by atoms with Gasteiger partial charge in [-0.25, -0.2) is 0 Å². The Labute approximate surface area is 121 Å². The van der Waals surface area contributed by atoms with Crippen LogP contribution in [0.4, 0.5) is 0 Å². The summed E-state index contributed by atoms with van der Waals surface area (Å²) in [6.45, 7) is 7.97. The number of aryl methyl sites for hydroxylation is 2. The Morgan fingerprint density at radius 2 is 2.05 bits per heavy atom. The Bertz CT molecular complexity index is 443. The molecule has 0 bridgehead atoms. The average molecular weight is 279 g/mol. The molecule has 0 spiro atoms. The summed E-state index contributed by atoms with van der Waals surface area (Å²) in [6.07, 6.45) is 0.756. The minimum absolute atomic E-state index is 0.0289. The molecule has 1 amide bonds. The summed E-state index contributed by atoms with van der Waals surface area (Å²) in [5, 5.41) is 12.0. The first-order valence-corrected chi connectivity index (χ1v) is 7.02. The van der Waals surface area contributed by atoms with E-state index < -0.39 is 0 Å². The first-order valence-electron chi connectivity index (χ1n) is 7.02. The number of rotatable bonds is 7. The van der Waals surface area contributed by atoms with Crippen molar-refractivity contribution < 1.29 is 14.6 Å². The van der Waals surface area contributed by atoms with Gasteiger partial charge in [0.2, 0.25) is 0 Å². The van der Waals surface area contributed by atoms with E-state index in [9.17, 15) is 9.90 Å². The highest BCUT2D eigenvalue weighted by Crippen LogP contribution is 2.18. The molecule has 4 nitrogen and oxygen atoms in total. The van der Waals surface area contributed by atoms with Crippen LogP contribution in [0.25, 0.3) is 0 Å². The van der Waals surface area contributed by atoms with Crippen molar-refractivity contribution in [3.8, 4) is 5.75 Å². The third-order valence-electron chi connectivity index (χ3n) is 3.04. The van der Waals surface area contributed by atoms with E-state index in [1.165, 1.54) is 0 Å². The van der Waals surface area contributed by atoms with Gasteiger partial charge in [-0.05, 0) is 43.4 Å². The topological polar surface area (TPSA) is 58.6 Å². The molecule has 0 saturated carbocycles. The number of carbonyl (C=O) groups excluding carboxylic acids is 1. The summed E-state index contributed by atoms with van der Waals surface area (Å²) >= 11 is 0. The molecule has 2 N–H and O–H groups in total. The summed E-state index contributed by atoms with van der Waals surface area (Å²) < 4.78 is 5.54. The smallest absolute Gasteiger partial charge is 0.258 e. The number of aliphatic hydroxyl groups excluding tert-OH is 1. The number of amides is 1. The highest BCUT2D eigenvalue weighted by Gasteiger charge is 2.13. The van der Waals surface area contributed by atoms with E-state index in [2.05, 4.69) is 19.2 Å². The maximum absolute atomic E-state index is 11.8. The standard InChI is InChI=1S/C16H25NO3/c1-11(2)7-14(9-18)17-16(19)10-20-15-8-12(3)5-6-13(15)4/h5-6,8,11,14,18H,7,9-10H2,1-4H3,(H,17,19). The van der Waals surface area contributed by atoms with Gasteiger partial charge in [0.1, 0.15) is 5.75 Å². The van der Waals surface area contributed by atoms with Crippen LogP contribution in [0.15, 0.2) is 18.2 Å². The lowest BCUT2D eigenvalue weighted by atomic mass is 10.0. The fraction of sp³-hybridized carbons (Fsp3) is 0.562. The lowest BCUT2D eigenvalue weighted by Crippen LogP contribution is -2.40. The molecule has 0 radical (unpaired) electrons. The predicted molar refractivity (Wildman–Crippen MR) is 79.9 cm³/mol. The highest BCUT2D eigenvalue weighted by atomic mass is 16.5. The van der Waals surface area contributed by atoms with Gasteiger partial charge in [0, 0.05) is 0 Å². The van der Waals surface area contributed by atoms with Crippen LogP contribution in [-0.2, 0) is 4.79 Å². The second-order valence-electron chi connectivity index (χ2n) is 5.63. The summed E-state index contributed by atoms with van der Waals surface area (Å²) in [7, 11) is 0. The lowest BCUT2D eigenvalue weighted by Gasteiger charge is -2.18. The van der Waals surface area contributed by atoms with E-state index in [4.69, 9.17) is 4.74 Å². The molecule has 1 atom stereocenters. The predicted octanol–water partition coefficient (Wildman–Crippen LogP) is 2.21. The second kappa shape index (κ2) is 7.90. The molecule has 4 heteroatoms. The Kier molecular flexibility index (Phi) is 6.52. The van der Waals surface area contributed by atoms with E-state index in [1.54, 1.807) is 0 Å². The quantitative estimate of drug-likeness (QED) is 0.804. The minimum atomic E-state index is -0.204. The van der Waals surface area contributed by atoms with Gasteiger partial charge in [-0.2, -0.15) is 0 Å². The van der Waals surface area contributed by atoms with Gasteiger partial charge in [-0.1, -0.05) is 26.0 Å². The van der Waals surface area contributed by atoms with Gasteiger partial charge in [0.25, 0.3) is 5.91 Å². The number of ether oxygens (including phenoxy) is 1. The van der Waals surface area contributed by atoms with Crippen LogP contribution in [0.3, 0.4) is 0 Å². The molecule has 1 aromatic rings. The molecule has 20 heavy (non-hydrogen) atoms. The summed E-state index contributed by atoms with van der Waals surface area (Å²) in [4.78, 5) is 11.8. The number of aliphatic hydroxyl groups is 1. The Morgan fingerprint density at radius 3 is 2.65 bits per heavy atom. The van der Waals surface area contributed by atoms with Crippen molar-refractivity contribution >= 4 is 5.91 Å². The molecule has 1 aromatic carbocycles. The third kappa shape index (κ3) is 5.61. The van der Waals surface area contributed by atoms with Crippen molar-refractivity contribution in [1.82, 2.24) is 5.32 Å². The van der Waals surface area contributed by atoms with Crippen LogP contribution in [0.5, 0.6) is 5.75 Å². The van der Waals surface area contributed by atoms with Gasteiger partial charge in [-0.15, -0.1) is 0 Å². The monoisotopic (exact) mass is 279 g/mol. The second-order valence-corrected chi connectivity index (χ2v) is 5.63. The summed E-state index contributed by atoms with van der Waals surface area (Å²) in [6, 6.07) is 5.69. The molecule has 0 fully saturated rings. The molecule has 0 aliphatic carbocycles. The minimum Gasteiger partial charge on any atom is -0.483 e. The first kappa shape index (κ1) is 16.5. The molecule has 1 unspecified atom stereocenters. The van der Waals surface area contributed by atoms with E-state index >= 15 is 0 Å². The van der Waals surface area contributed by atoms with Crippen molar-refractivity contribution in [2.75, 3.05) is 13.2 Å². The zero-order valence-electron chi connectivity index (χ0n) is 12.8. The lowest BCUT2D eigenvalue weighted by molar-refractivity contribution is -0.124. The van der Waals surface area contributed by atoms with Crippen LogP contribution in [0, 0.1) is 19.8 Å². The number of carbonyl (C=O) groups is 1. The number of benzene rings is 1. The SMILES string of the molecule is Cc1ccc(C)c(OCC(=O)NC(CO)CC(C)C)c1. The van der Waals surface area contributed by atoms with Crippen LogP contribution in [-0.4, -0.2) is 30.3 Å². The first-order chi connectivity index (χ1) is 9.42. The molecule has 1 rings (SSSR count). The summed E-state index contributed by atoms with van der Waals surface area (Å²) in [5.74, 6) is 0.947. The van der Waals surface area contributed by atoms with E-state index in [1.807, 2.05) is 32.0 Å². The number of hydrogen-bond donors (Lipinski definition) is 2. The maximum Gasteiger partial charge on any atom is 0.258 e. The fourth-order valence-corrected chi connectivity index (χ4v) is 2.02. The Hall–Kier alpha value is -1.55. The number of hydrogen-bond acceptors (Lipinski definition) is 3. The van der Waals surface area contributed by atoms with Gasteiger partial charge in [0.05, 0.1) is 12.6 Å². The molecule has 0 heterocycles. The van der Waals surface area contributed by atoms with E-state index in [-0.39, 0.29) is 25.2 Å². The van der Waals surface area contributed by atoms with Gasteiger partial charge < -0.3 is 15.2 Å². The van der Waals surface area contributed by atoms with Gasteiger partial charge >= 0.3 is 0 Å². The van der Waals surface area contributed by atoms with Gasteiger partial charge in [-0.3, -0.25) is 4.79 Å². The largest absolute Gasteiger partial charge is 0.483 e. The normalized spacial score (nSPS) is 12.3. The average Bonchev–Trinajstić information content (AvgIpc) is 2.38. The maximum atomic E-state index is 11.8. The zero-order chi connectivity index (χ0) is 15.1. The zero-order valence-corrected chi connectivity index (χ0v) is 12.8.